The van der Waals surface area contributed by atoms with Crippen LogP contribution in [0.2, 0.25) is 0 Å². The van der Waals surface area contributed by atoms with Gasteiger partial charge in [-0.3, -0.25) is 0 Å². The van der Waals surface area contributed by atoms with Crippen LogP contribution >= 0.6 is 15.9 Å². The second kappa shape index (κ2) is 4.19. The first kappa shape index (κ1) is 9.15. The zero-order valence-corrected chi connectivity index (χ0v) is 8.88. The molecule has 0 aromatic carbocycles. The van der Waals surface area contributed by atoms with Crippen molar-refractivity contribution in [2.24, 2.45) is 0 Å². The first-order chi connectivity index (χ1) is 6.34. The standard InChI is InChI=1S/C8H12BrN3O/c9-8-11-7(13-12-8)5-6-3-1-2-4-10-6/h6,10H,1-5H2. The molecule has 1 aliphatic heterocycles. The highest BCUT2D eigenvalue weighted by Gasteiger charge is 2.16. The molecule has 2 rings (SSSR count). The van der Waals surface area contributed by atoms with Crippen molar-refractivity contribution in [2.75, 3.05) is 6.54 Å². The van der Waals surface area contributed by atoms with E-state index in [1.54, 1.807) is 0 Å². The maximum absolute atomic E-state index is 5.02. The fraction of sp³-hybridized carbons (Fsp3) is 0.750. The Labute approximate surface area is 85.2 Å². The largest absolute Gasteiger partial charge is 0.338 e. The van der Waals surface area contributed by atoms with Crippen LogP contribution in [0.5, 0.6) is 0 Å². The van der Waals surface area contributed by atoms with E-state index in [9.17, 15) is 0 Å². The first-order valence-electron chi connectivity index (χ1n) is 4.56. The molecule has 0 bridgehead atoms. The lowest BCUT2D eigenvalue weighted by atomic mass is 10.0. The Kier molecular flexibility index (Phi) is 2.95. The minimum Gasteiger partial charge on any atom is -0.338 e. The SMILES string of the molecule is Brc1noc(CC2CCCCN2)n1. The summed E-state index contributed by atoms with van der Waals surface area (Å²) in [5.74, 6) is 0.714. The van der Waals surface area contributed by atoms with Gasteiger partial charge in [0.15, 0.2) is 0 Å². The zero-order valence-electron chi connectivity index (χ0n) is 7.29. The quantitative estimate of drug-likeness (QED) is 0.859. The van der Waals surface area contributed by atoms with Crippen LogP contribution in [0.15, 0.2) is 9.26 Å². The molecule has 4 nitrogen and oxygen atoms in total. The molecular formula is C8H12BrN3O. The van der Waals surface area contributed by atoms with Crippen molar-refractivity contribution >= 4 is 15.9 Å². The zero-order chi connectivity index (χ0) is 9.10. The molecule has 0 aliphatic carbocycles. The van der Waals surface area contributed by atoms with Crippen molar-refractivity contribution in [3.8, 4) is 0 Å². The predicted octanol–water partition coefficient (Wildman–Crippen LogP) is 1.52. The van der Waals surface area contributed by atoms with Gasteiger partial charge in [0.25, 0.3) is 0 Å². The lowest BCUT2D eigenvalue weighted by molar-refractivity contribution is 0.330. The highest BCUT2D eigenvalue weighted by Crippen LogP contribution is 2.12. The minimum atomic E-state index is 0.515. The van der Waals surface area contributed by atoms with Crippen molar-refractivity contribution in [1.82, 2.24) is 15.5 Å². The monoisotopic (exact) mass is 245 g/mol. The first-order valence-corrected chi connectivity index (χ1v) is 5.35. The summed E-state index contributed by atoms with van der Waals surface area (Å²) in [5.41, 5.74) is 0. The fourth-order valence-electron chi connectivity index (χ4n) is 1.63. The van der Waals surface area contributed by atoms with Gasteiger partial charge >= 0.3 is 0 Å². The summed E-state index contributed by atoms with van der Waals surface area (Å²) in [6.07, 6.45) is 4.63. The molecule has 1 unspecified atom stereocenters. The molecule has 0 spiro atoms. The van der Waals surface area contributed by atoms with Crippen LogP contribution < -0.4 is 5.32 Å². The number of hydrogen-bond donors (Lipinski definition) is 1. The van der Waals surface area contributed by atoms with Crippen molar-refractivity contribution < 1.29 is 4.52 Å². The molecule has 1 aromatic heterocycles. The van der Waals surface area contributed by atoms with Crippen LogP contribution in [0.4, 0.5) is 0 Å². The van der Waals surface area contributed by atoms with E-state index in [0.29, 0.717) is 16.7 Å². The third-order valence-electron chi connectivity index (χ3n) is 2.28. The molecule has 2 heterocycles. The lowest BCUT2D eigenvalue weighted by Gasteiger charge is -2.21. The summed E-state index contributed by atoms with van der Waals surface area (Å²) >= 11 is 3.16. The van der Waals surface area contributed by atoms with Gasteiger partial charge in [0, 0.05) is 12.5 Å². The van der Waals surface area contributed by atoms with Crippen LogP contribution in [0.25, 0.3) is 0 Å². The van der Waals surface area contributed by atoms with Crippen molar-refractivity contribution in [3.05, 3.63) is 10.6 Å². The van der Waals surface area contributed by atoms with Crippen LogP contribution in [0, 0.1) is 0 Å². The normalized spacial score (nSPS) is 23.3. The number of aromatic nitrogens is 2. The molecule has 1 fully saturated rings. The van der Waals surface area contributed by atoms with E-state index in [2.05, 4.69) is 31.4 Å². The van der Waals surface area contributed by atoms with Crippen LogP contribution in [-0.4, -0.2) is 22.7 Å². The summed E-state index contributed by atoms with van der Waals surface area (Å²) in [6, 6.07) is 0.515. The van der Waals surface area contributed by atoms with Gasteiger partial charge in [-0.15, -0.1) is 0 Å². The molecule has 72 valence electrons. The molecule has 13 heavy (non-hydrogen) atoms. The van der Waals surface area contributed by atoms with Gasteiger partial charge in [0.05, 0.1) is 0 Å². The molecule has 1 N–H and O–H groups in total. The molecule has 0 radical (unpaired) electrons. The summed E-state index contributed by atoms with van der Waals surface area (Å²) in [6.45, 7) is 1.11. The smallest absolute Gasteiger partial charge is 0.238 e. The van der Waals surface area contributed by atoms with Crippen molar-refractivity contribution in [1.29, 1.82) is 0 Å². The molecule has 1 atom stereocenters. The molecule has 1 saturated heterocycles. The fourth-order valence-corrected chi connectivity index (χ4v) is 1.90. The van der Waals surface area contributed by atoms with Gasteiger partial charge in [0.1, 0.15) is 0 Å². The average Bonchev–Trinajstić information content (AvgIpc) is 2.53. The second-order valence-corrected chi connectivity index (χ2v) is 4.02. The van der Waals surface area contributed by atoms with Crippen LogP contribution in [-0.2, 0) is 6.42 Å². The van der Waals surface area contributed by atoms with E-state index < -0.39 is 0 Å². The Morgan fingerprint density at radius 3 is 3.08 bits per heavy atom. The van der Waals surface area contributed by atoms with Crippen molar-refractivity contribution in [2.45, 2.75) is 31.7 Å². The Hall–Kier alpha value is -0.420. The maximum Gasteiger partial charge on any atom is 0.238 e. The number of nitrogens with one attached hydrogen (secondary N) is 1. The van der Waals surface area contributed by atoms with E-state index in [-0.39, 0.29) is 0 Å². The Balaban J connectivity index is 1.89. The summed E-state index contributed by atoms with van der Waals surface area (Å²) in [4.78, 5) is 4.10. The number of nitrogens with zero attached hydrogens (tertiary/aromatic N) is 2. The maximum atomic E-state index is 5.02. The van der Waals surface area contributed by atoms with Gasteiger partial charge in [-0.05, 0) is 40.5 Å². The van der Waals surface area contributed by atoms with Gasteiger partial charge in [-0.2, -0.15) is 4.98 Å². The van der Waals surface area contributed by atoms with E-state index in [1.807, 2.05) is 0 Å². The van der Waals surface area contributed by atoms with Crippen molar-refractivity contribution in [3.63, 3.8) is 0 Å². The molecule has 0 amide bonds. The van der Waals surface area contributed by atoms with Gasteiger partial charge in [-0.25, -0.2) is 0 Å². The summed E-state index contributed by atoms with van der Waals surface area (Å²) in [7, 11) is 0. The highest BCUT2D eigenvalue weighted by molar-refractivity contribution is 9.10. The van der Waals surface area contributed by atoms with E-state index in [4.69, 9.17) is 4.52 Å². The van der Waals surface area contributed by atoms with Gasteiger partial charge < -0.3 is 9.84 Å². The number of halogens is 1. The predicted molar refractivity (Wildman–Crippen MR) is 51.3 cm³/mol. The van der Waals surface area contributed by atoms with Crippen LogP contribution in [0.3, 0.4) is 0 Å². The van der Waals surface area contributed by atoms with E-state index >= 15 is 0 Å². The second-order valence-electron chi connectivity index (χ2n) is 3.31. The highest BCUT2D eigenvalue weighted by atomic mass is 79.9. The molecule has 5 heteroatoms. The van der Waals surface area contributed by atoms with E-state index in [0.717, 1.165) is 13.0 Å². The lowest BCUT2D eigenvalue weighted by Crippen LogP contribution is -2.35. The number of piperidine rings is 1. The topological polar surface area (TPSA) is 51.0 Å². The van der Waals surface area contributed by atoms with Gasteiger partial charge in [0.2, 0.25) is 10.6 Å². The average molecular weight is 246 g/mol. The summed E-state index contributed by atoms with van der Waals surface area (Å²) in [5, 5.41) is 7.12. The molecule has 0 saturated carbocycles. The Morgan fingerprint density at radius 2 is 2.46 bits per heavy atom. The molecule has 1 aromatic rings. The molecular weight excluding hydrogens is 234 g/mol. The Morgan fingerprint density at radius 1 is 1.54 bits per heavy atom. The minimum absolute atomic E-state index is 0.515. The Bertz CT molecular complexity index is 270. The van der Waals surface area contributed by atoms with Crippen LogP contribution in [0.1, 0.15) is 25.2 Å². The molecule has 1 aliphatic rings. The number of hydrogen-bond acceptors (Lipinski definition) is 4. The summed E-state index contributed by atoms with van der Waals surface area (Å²) < 4.78 is 5.56. The third kappa shape index (κ3) is 2.51. The van der Waals surface area contributed by atoms with E-state index in [1.165, 1.54) is 19.3 Å². The van der Waals surface area contributed by atoms with Gasteiger partial charge in [-0.1, -0.05) is 6.42 Å². The third-order valence-corrected chi connectivity index (χ3v) is 2.60. The number of rotatable bonds is 2.